The van der Waals surface area contributed by atoms with Crippen LogP contribution in [0, 0.1) is 5.92 Å². The topological polar surface area (TPSA) is 81.6 Å². The van der Waals surface area contributed by atoms with Gasteiger partial charge in [0, 0.05) is 31.7 Å². The first-order valence-electron chi connectivity index (χ1n) is 8.45. The van der Waals surface area contributed by atoms with Crippen LogP contribution >= 0.6 is 0 Å². The Labute approximate surface area is 150 Å². The second-order valence-electron chi connectivity index (χ2n) is 6.36. The average Bonchev–Trinajstić information content (AvgIpc) is 3.42. The number of nitrogens with zero attached hydrogens (tertiary/aromatic N) is 3. The molecular weight excluding hydrogens is 334 g/mol. The molecule has 3 heterocycles. The Bertz CT molecular complexity index is 860. The molecule has 2 aromatic heterocycles. The Balaban J connectivity index is 1.56. The first-order chi connectivity index (χ1) is 12.8. The van der Waals surface area contributed by atoms with Crippen molar-refractivity contribution in [3.63, 3.8) is 0 Å². The highest BCUT2D eigenvalue weighted by Crippen LogP contribution is 2.34. The number of carbonyl (C=O) groups excluding carboxylic acids is 1. The van der Waals surface area contributed by atoms with E-state index >= 15 is 0 Å². The lowest BCUT2D eigenvalue weighted by molar-refractivity contribution is 0.0774. The van der Waals surface area contributed by atoms with E-state index in [1.807, 2.05) is 30.3 Å². The van der Waals surface area contributed by atoms with Crippen LogP contribution in [0.15, 0.2) is 57.8 Å². The van der Waals surface area contributed by atoms with Gasteiger partial charge in [0.25, 0.3) is 5.91 Å². The van der Waals surface area contributed by atoms with Crippen LogP contribution in [0.4, 0.5) is 0 Å². The van der Waals surface area contributed by atoms with Gasteiger partial charge in [-0.25, -0.2) is 0 Å². The van der Waals surface area contributed by atoms with Crippen molar-refractivity contribution < 1.29 is 18.4 Å². The molecule has 0 radical (unpaired) electrons. The van der Waals surface area contributed by atoms with Gasteiger partial charge in [0.1, 0.15) is 6.26 Å². The molecule has 134 valence electrons. The smallest absolute Gasteiger partial charge is 0.257 e. The lowest BCUT2D eigenvalue weighted by atomic mass is 9.97. The normalized spacial score (nSPS) is 19.8. The molecule has 1 aliphatic rings. The number of likely N-dealkylation sites (tertiary alicyclic amines) is 1. The fourth-order valence-corrected chi connectivity index (χ4v) is 3.35. The number of furan rings is 1. The van der Waals surface area contributed by atoms with E-state index in [9.17, 15) is 4.79 Å². The quantitative estimate of drug-likeness (QED) is 0.701. The number of aromatic nitrogens is 2. The molecule has 4 rings (SSSR count). The molecule has 26 heavy (non-hydrogen) atoms. The summed E-state index contributed by atoms with van der Waals surface area (Å²) in [6, 6.07) is 11.3. The number of amides is 1. The van der Waals surface area contributed by atoms with Crippen molar-refractivity contribution in [2.24, 2.45) is 5.92 Å². The fraction of sp³-hybridized carbons (Fsp3) is 0.316. The van der Waals surface area contributed by atoms with Gasteiger partial charge in [-0.1, -0.05) is 18.2 Å². The molecule has 7 nitrogen and oxygen atoms in total. The molecule has 1 aliphatic heterocycles. The van der Waals surface area contributed by atoms with E-state index in [4.69, 9.17) is 13.6 Å². The van der Waals surface area contributed by atoms with Gasteiger partial charge in [-0.3, -0.25) is 4.79 Å². The molecule has 0 N–H and O–H groups in total. The minimum Gasteiger partial charge on any atom is -0.472 e. The lowest BCUT2D eigenvalue weighted by Crippen LogP contribution is -2.29. The van der Waals surface area contributed by atoms with E-state index in [-0.39, 0.29) is 17.7 Å². The van der Waals surface area contributed by atoms with Crippen molar-refractivity contribution in [3.05, 3.63) is 60.4 Å². The van der Waals surface area contributed by atoms with Crippen LogP contribution < -0.4 is 0 Å². The van der Waals surface area contributed by atoms with Crippen molar-refractivity contribution in [2.75, 3.05) is 26.8 Å². The van der Waals surface area contributed by atoms with E-state index in [1.54, 1.807) is 18.1 Å². The molecule has 1 amide bonds. The summed E-state index contributed by atoms with van der Waals surface area (Å²) in [5.41, 5.74) is 1.41. The number of hydrogen-bond donors (Lipinski definition) is 0. The van der Waals surface area contributed by atoms with E-state index in [0.717, 1.165) is 5.56 Å². The molecule has 1 aromatic carbocycles. The highest BCUT2D eigenvalue weighted by Gasteiger charge is 2.39. The number of benzene rings is 1. The average molecular weight is 353 g/mol. The van der Waals surface area contributed by atoms with Crippen molar-refractivity contribution in [1.29, 1.82) is 0 Å². The number of rotatable bonds is 5. The number of carbonyl (C=O) groups is 1. The molecule has 3 aromatic rings. The molecule has 0 aliphatic carbocycles. The van der Waals surface area contributed by atoms with E-state index in [0.29, 0.717) is 37.0 Å². The molecule has 1 fully saturated rings. The number of methoxy groups -OCH3 is 1. The lowest BCUT2D eigenvalue weighted by Gasteiger charge is -2.14. The van der Waals surface area contributed by atoms with Gasteiger partial charge in [-0.2, -0.15) is 0 Å². The van der Waals surface area contributed by atoms with Gasteiger partial charge < -0.3 is 18.5 Å². The predicted octanol–water partition coefficient (Wildman–Crippen LogP) is 2.83. The molecule has 0 bridgehead atoms. The first-order valence-corrected chi connectivity index (χ1v) is 8.45. The van der Waals surface area contributed by atoms with Crippen LogP contribution in [0.2, 0.25) is 0 Å². The maximum atomic E-state index is 12.6. The molecule has 1 saturated heterocycles. The Morgan fingerprint density at radius 3 is 2.81 bits per heavy atom. The standard InChI is InChI=1S/C19H19N3O4/c1-24-11-15-9-22(19(23)14-7-8-25-12-14)10-16(15)18-21-20-17(26-18)13-5-3-2-4-6-13/h2-8,12,15-16H,9-11H2,1H3. The van der Waals surface area contributed by atoms with Crippen LogP contribution in [-0.2, 0) is 4.74 Å². The summed E-state index contributed by atoms with van der Waals surface area (Å²) in [5, 5.41) is 8.40. The summed E-state index contributed by atoms with van der Waals surface area (Å²) in [6.45, 7) is 1.60. The predicted molar refractivity (Wildman–Crippen MR) is 92.5 cm³/mol. The van der Waals surface area contributed by atoms with Gasteiger partial charge in [0.15, 0.2) is 0 Å². The summed E-state index contributed by atoms with van der Waals surface area (Å²) in [4.78, 5) is 14.4. The Kier molecular flexibility index (Phi) is 4.53. The summed E-state index contributed by atoms with van der Waals surface area (Å²) in [6.07, 6.45) is 2.96. The zero-order valence-corrected chi connectivity index (χ0v) is 14.4. The third-order valence-electron chi connectivity index (χ3n) is 4.66. The third kappa shape index (κ3) is 3.13. The Hall–Kier alpha value is -2.93. The van der Waals surface area contributed by atoms with Crippen molar-refractivity contribution >= 4 is 5.91 Å². The molecular formula is C19H19N3O4. The van der Waals surface area contributed by atoms with Crippen LogP contribution in [0.1, 0.15) is 22.2 Å². The van der Waals surface area contributed by atoms with Gasteiger partial charge in [0.05, 0.1) is 24.4 Å². The highest BCUT2D eigenvalue weighted by atomic mass is 16.5. The van der Waals surface area contributed by atoms with E-state index in [1.165, 1.54) is 12.5 Å². The van der Waals surface area contributed by atoms with Crippen LogP contribution in [-0.4, -0.2) is 47.8 Å². The third-order valence-corrected chi connectivity index (χ3v) is 4.66. The summed E-state index contributed by atoms with van der Waals surface area (Å²) >= 11 is 0. The minimum absolute atomic E-state index is 0.0595. The van der Waals surface area contributed by atoms with Gasteiger partial charge in [-0.15, -0.1) is 10.2 Å². The van der Waals surface area contributed by atoms with Gasteiger partial charge >= 0.3 is 0 Å². The highest BCUT2D eigenvalue weighted by molar-refractivity contribution is 5.94. The monoisotopic (exact) mass is 353 g/mol. The van der Waals surface area contributed by atoms with Crippen LogP contribution in [0.5, 0.6) is 0 Å². The Morgan fingerprint density at radius 2 is 2.08 bits per heavy atom. The maximum absolute atomic E-state index is 12.6. The number of hydrogen-bond acceptors (Lipinski definition) is 6. The van der Waals surface area contributed by atoms with E-state index in [2.05, 4.69) is 10.2 Å². The second kappa shape index (κ2) is 7.13. The number of ether oxygens (including phenoxy) is 1. The summed E-state index contributed by atoms with van der Waals surface area (Å²) in [7, 11) is 1.65. The van der Waals surface area contributed by atoms with Crippen LogP contribution in [0.25, 0.3) is 11.5 Å². The second-order valence-corrected chi connectivity index (χ2v) is 6.36. The summed E-state index contributed by atoms with van der Waals surface area (Å²) in [5.74, 6) is 0.991. The van der Waals surface area contributed by atoms with E-state index < -0.39 is 0 Å². The first kappa shape index (κ1) is 16.5. The minimum atomic E-state index is -0.0647. The zero-order chi connectivity index (χ0) is 17.9. The summed E-state index contributed by atoms with van der Waals surface area (Å²) < 4.78 is 16.3. The molecule has 0 spiro atoms. The van der Waals surface area contributed by atoms with Gasteiger partial charge in [0.2, 0.25) is 11.8 Å². The zero-order valence-electron chi connectivity index (χ0n) is 14.4. The van der Waals surface area contributed by atoms with Crippen molar-refractivity contribution in [2.45, 2.75) is 5.92 Å². The van der Waals surface area contributed by atoms with Crippen molar-refractivity contribution in [3.8, 4) is 11.5 Å². The maximum Gasteiger partial charge on any atom is 0.257 e. The van der Waals surface area contributed by atoms with Gasteiger partial charge in [-0.05, 0) is 18.2 Å². The van der Waals surface area contributed by atoms with Crippen LogP contribution in [0.3, 0.4) is 0 Å². The SMILES string of the molecule is COCC1CN(C(=O)c2ccoc2)CC1c1nnc(-c2ccccc2)o1. The molecule has 0 saturated carbocycles. The molecule has 2 atom stereocenters. The fourth-order valence-electron chi connectivity index (χ4n) is 3.35. The molecule has 7 heteroatoms. The largest absolute Gasteiger partial charge is 0.472 e. The molecule has 2 unspecified atom stereocenters. The van der Waals surface area contributed by atoms with Crippen molar-refractivity contribution in [1.82, 2.24) is 15.1 Å². The Morgan fingerprint density at radius 1 is 1.23 bits per heavy atom.